The standard InChI is InChI=1S/C11H8INOS/c12-9-5-1-2-6-10(9)15(14)11-7-3-4-8-13-11/h1-8H. The van der Waals surface area contributed by atoms with Gasteiger partial charge in [0.25, 0.3) is 0 Å². The van der Waals surface area contributed by atoms with Gasteiger partial charge in [-0.05, 0) is 46.9 Å². The van der Waals surface area contributed by atoms with E-state index in [0.29, 0.717) is 5.03 Å². The van der Waals surface area contributed by atoms with Crippen molar-refractivity contribution in [1.29, 1.82) is 0 Å². The first-order chi connectivity index (χ1) is 7.29. The molecule has 2 rings (SSSR count). The van der Waals surface area contributed by atoms with Gasteiger partial charge in [-0.3, -0.25) is 0 Å². The molecular formula is C11H8INOS. The van der Waals surface area contributed by atoms with Crippen LogP contribution in [0.25, 0.3) is 0 Å². The quantitative estimate of drug-likeness (QED) is 0.793. The van der Waals surface area contributed by atoms with Crippen molar-refractivity contribution in [2.24, 2.45) is 0 Å². The molecule has 76 valence electrons. The molecule has 0 spiro atoms. The smallest absolute Gasteiger partial charge is 0.132 e. The van der Waals surface area contributed by atoms with Gasteiger partial charge in [0.15, 0.2) is 0 Å². The van der Waals surface area contributed by atoms with Gasteiger partial charge in [-0.25, -0.2) is 9.19 Å². The lowest BCUT2D eigenvalue weighted by Crippen LogP contribution is -1.97. The van der Waals surface area contributed by atoms with Gasteiger partial charge in [-0.2, -0.15) is 0 Å². The first kappa shape index (κ1) is 10.8. The highest BCUT2D eigenvalue weighted by Crippen LogP contribution is 2.19. The second-order valence-electron chi connectivity index (χ2n) is 2.87. The minimum Gasteiger partial charge on any atom is -0.247 e. The summed E-state index contributed by atoms with van der Waals surface area (Å²) in [6, 6.07) is 13.1. The molecule has 0 radical (unpaired) electrons. The summed E-state index contributed by atoms with van der Waals surface area (Å²) in [5, 5.41) is 0.599. The second-order valence-corrected chi connectivity index (χ2v) is 5.42. The van der Waals surface area contributed by atoms with Gasteiger partial charge in [0.2, 0.25) is 0 Å². The van der Waals surface area contributed by atoms with E-state index < -0.39 is 10.8 Å². The Morgan fingerprint density at radius 3 is 2.47 bits per heavy atom. The lowest BCUT2D eigenvalue weighted by molar-refractivity contribution is 0.680. The van der Waals surface area contributed by atoms with Gasteiger partial charge >= 0.3 is 0 Å². The van der Waals surface area contributed by atoms with Crippen LogP contribution in [0.15, 0.2) is 58.6 Å². The number of aromatic nitrogens is 1. The molecule has 0 amide bonds. The zero-order chi connectivity index (χ0) is 10.7. The highest BCUT2D eigenvalue weighted by atomic mass is 127. The molecule has 0 aliphatic heterocycles. The summed E-state index contributed by atoms with van der Waals surface area (Å²) in [6.07, 6.45) is 1.66. The highest BCUT2D eigenvalue weighted by molar-refractivity contribution is 14.1. The maximum Gasteiger partial charge on any atom is 0.132 e. The lowest BCUT2D eigenvalue weighted by atomic mass is 10.4. The molecule has 15 heavy (non-hydrogen) atoms. The van der Waals surface area contributed by atoms with Crippen LogP contribution in [0.3, 0.4) is 0 Å². The predicted molar refractivity (Wildman–Crippen MR) is 68.1 cm³/mol. The summed E-state index contributed by atoms with van der Waals surface area (Å²) in [6.45, 7) is 0. The Labute approximate surface area is 104 Å². The summed E-state index contributed by atoms with van der Waals surface area (Å²) in [7, 11) is -1.18. The van der Waals surface area contributed by atoms with Crippen molar-refractivity contribution in [3.05, 3.63) is 52.2 Å². The Bertz CT molecular complexity index is 487. The van der Waals surface area contributed by atoms with E-state index in [4.69, 9.17) is 0 Å². The molecular weight excluding hydrogens is 321 g/mol. The Kier molecular flexibility index (Phi) is 3.48. The zero-order valence-electron chi connectivity index (χ0n) is 7.76. The number of halogens is 1. The molecule has 0 saturated heterocycles. The number of rotatable bonds is 2. The van der Waals surface area contributed by atoms with Crippen LogP contribution in [0.5, 0.6) is 0 Å². The molecule has 1 atom stereocenters. The lowest BCUT2D eigenvalue weighted by Gasteiger charge is -2.02. The van der Waals surface area contributed by atoms with Gasteiger partial charge in [0.1, 0.15) is 15.8 Å². The fourth-order valence-electron chi connectivity index (χ4n) is 1.16. The molecule has 0 aliphatic rings. The Morgan fingerprint density at radius 2 is 1.80 bits per heavy atom. The monoisotopic (exact) mass is 329 g/mol. The SMILES string of the molecule is O=S(c1ccccn1)c1ccccc1I. The van der Waals surface area contributed by atoms with E-state index in [0.717, 1.165) is 8.47 Å². The van der Waals surface area contributed by atoms with Crippen LogP contribution in [-0.4, -0.2) is 9.19 Å². The van der Waals surface area contributed by atoms with Gasteiger partial charge < -0.3 is 0 Å². The first-order valence-electron chi connectivity index (χ1n) is 4.36. The zero-order valence-corrected chi connectivity index (χ0v) is 10.7. The van der Waals surface area contributed by atoms with E-state index in [1.807, 2.05) is 36.4 Å². The van der Waals surface area contributed by atoms with Crippen LogP contribution in [0, 0.1) is 3.57 Å². The van der Waals surface area contributed by atoms with Crippen LogP contribution in [-0.2, 0) is 10.8 Å². The maximum atomic E-state index is 12.1. The average molecular weight is 329 g/mol. The second kappa shape index (κ2) is 4.85. The van der Waals surface area contributed by atoms with Gasteiger partial charge in [-0.15, -0.1) is 0 Å². The summed E-state index contributed by atoms with van der Waals surface area (Å²) < 4.78 is 13.1. The van der Waals surface area contributed by atoms with Gasteiger partial charge in [-0.1, -0.05) is 18.2 Å². The van der Waals surface area contributed by atoms with Crippen LogP contribution < -0.4 is 0 Å². The number of hydrogen-bond acceptors (Lipinski definition) is 2. The van der Waals surface area contributed by atoms with E-state index in [9.17, 15) is 4.21 Å². The van der Waals surface area contributed by atoms with E-state index in [1.54, 1.807) is 12.3 Å². The summed E-state index contributed by atoms with van der Waals surface area (Å²) in [5.74, 6) is 0. The maximum absolute atomic E-state index is 12.1. The normalized spacial score (nSPS) is 12.3. The summed E-state index contributed by atoms with van der Waals surface area (Å²) in [5.41, 5.74) is 0. The molecule has 1 heterocycles. The third-order valence-corrected chi connectivity index (χ3v) is 4.55. The predicted octanol–water partition coefficient (Wildman–Crippen LogP) is 2.85. The largest absolute Gasteiger partial charge is 0.247 e. The average Bonchev–Trinajstić information content (AvgIpc) is 2.30. The van der Waals surface area contributed by atoms with Crippen molar-refractivity contribution in [3.8, 4) is 0 Å². The van der Waals surface area contributed by atoms with Crippen molar-refractivity contribution in [2.45, 2.75) is 9.92 Å². The molecule has 2 nitrogen and oxygen atoms in total. The molecule has 1 aromatic heterocycles. The molecule has 0 aliphatic carbocycles. The summed E-state index contributed by atoms with van der Waals surface area (Å²) >= 11 is 2.18. The topological polar surface area (TPSA) is 30.0 Å². The van der Waals surface area contributed by atoms with E-state index in [-0.39, 0.29) is 0 Å². The van der Waals surface area contributed by atoms with Gasteiger partial charge in [0, 0.05) is 9.77 Å². The van der Waals surface area contributed by atoms with Gasteiger partial charge in [0.05, 0.1) is 4.90 Å². The van der Waals surface area contributed by atoms with Crippen molar-refractivity contribution in [1.82, 2.24) is 4.98 Å². The minimum absolute atomic E-state index is 0.599. The molecule has 2 aromatic rings. The van der Waals surface area contributed by atoms with Crippen molar-refractivity contribution < 1.29 is 4.21 Å². The molecule has 0 fully saturated rings. The highest BCUT2D eigenvalue weighted by Gasteiger charge is 2.10. The first-order valence-corrected chi connectivity index (χ1v) is 6.59. The Hall–Kier alpha value is -0.750. The van der Waals surface area contributed by atoms with E-state index in [2.05, 4.69) is 27.6 Å². The molecule has 4 heteroatoms. The summed E-state index contributed by atoms with van der Waals surface area (Å²) in [4.78, 5) is 4.91. The Balaban J connectivity index is 2.42. The van der Waals surface area contributed by atoms with E-state index >= 15 is 0 Å². The van der Waals surface area contributed by atoms with Crippen LogP contribution in [0.2, 0.25) is 0 Å². The fourth-order valence-corrected chi connectivity index (χ4v) is 3.18. The fraction of sp³-hybridized carbons (Fsp3) is 0. The molecule has 0 N–H and O–H groups in total. The van der Waals surface area contributed by atoms with Crippen LogP contribution in [0.4, 0.5) is 0 Å². The molecule has 1 aromatic carbocycles. The number of pyridine rings is 1. The van der Waals surface area contributed by atoms with Crippen molar-refractivity contribution in [3.63, 3.8) is 0 Å². The third-order valence-electron chi connectivity index (χ3n) is 1.86. The number of hydrogen-bond donors (Lipinski definition) is 0. The van der Waals surface area contributed by atoms with Crippen LogP contribution >= 0.6 is 22.6 Å². The Morgan fingerprint density at radius 1 is 1.07 bits per heavy atom. The molecule has 0 saturated carbocycles. The molecule has 1 unspecified atom stereocenters. The van der Waals surface area contributed by atoms with E-state index in [1.165, 1.54) is 0 Å². The number of benzene rings is 1. The third kappa shape index (κ3) is 2.43. The minimum atomic E-state index is -1.18. The number of nitrogens with zero attached hydrogens (tertiary/aromatic N) is 1. The van der Waals surface area contributed by atoms with Crippen molar-refractivity contribution in [2.75, 3.05) is 0 Å². The van der Waals surface area contributed by atoms with Crippen LogP contribution in [0.1, 0.15) is 0 Å². The molecule has 0 bridgehead atoms. The van der Waals surface area contributed by atoms with Crippen molar-refractivity contribution >= 4 is 33.4 Å².